The Morgan fingerprint density at radius 2 is 1.89 bits per heavy atom. The molecule has 3 aromatic rings. The number of aliphatic hydroxyl groups excluding tert-OH is 2. The Bertz CT molecular complexity index is 1350. The summed E-state index contributed by atoms with van der Waals surface area (Å²) < 4.78 is 55.5. The third kappa shape index (κ3) is 5.45. The van der Waals surface area contributed by atoms with E-state index in [0.29, 0.717) is 6.07 Å². The van der Waals surface area contributed by atoms with Gasteiger partial charge < -0.3 is 39.9 Å². The average molecular weight is 545 g/mol. The predicted octanol–water partition coefficient (Wildman–Crippen LogP) is 0.0564. The molecule has 1 aromatic carbocycles. The van der Waals surface area contributed by atoms with Gasteiger partial charge in [0.1, 0.15) is 35.5 Å². The number of ether oxygens (including phenoxy) is 3. The molecule has 14 nitrogen and oxygen atoms in total. The van der Waals surface area contributed by atoms with Crippen molar-refractivity contribution in [2.45, 2.75) is 37.3 Å². The molecule has 0 radical (unpaired) electrons. The van der Waals surface area contributed by atoms with E-state index in [-0.39, 0.29) is 35.0 Å². The minimum absolute atomic E-state index is 0.00962. The van der Waals surface area contributed by atoms with Gasteiger partial charge in [-0.2, -0.15) is 0 Å². The summed E-state index contributed by atoms with van der Waals surface area (Å²) in [6.45, 7) is 0.563. The fourth-order valence-corrected chi connectivity index (χ4v) is 4.36. The van der Waals surface area contributed by atoms with Crippen molar-refractivity contribution in [3.63, 3.8) is 0 Å². The molecule has 0 saturated carbocycles. The first-order chi connectivity index (χ1) is 17.4. The van der Waals surface area contributed by atoms with Gasteiger partial charge in [-0.05, 0) is 19.1 Å². The number of benzene rings is 1. The lowest BCUT2D eigenvalue weighted by Crippen LogP contribution is -2.36. The van der Waals surface area contributed by atoms with Crippen LogP contribution in [0.1, 0.15) is 13.2 Å². The van der Waals surface area contributed by atoms with Gasteiger partial charge in [-0.1, -0.05) is 0 Å². The van der Waals surface area contributed by atoms with Crippen molar-refractivity contribution in [2.75, 3.05) is 18.9 Å². The van der Waals surface area contributed by atoms with Crippen molar-refractivity contribution in [2.24, 2.45) is 0 Å². The third-order valence-electron chi connectivity index (χ3n) is 5.39. The Kier molecular flexibility index (Phi) is 7.52. The van der Waals surface area contributed by atoms with Gasteiger partial charge in [0.15, 0.2) is 23.5 Å². The zero-order valence-electron chi connectivity index (χ0n) is 19.0. The highest BCUT2D eigenvalue weighted by molar-refractivity contribution is 7.53. The van der Waals surface area contributed by atoms with Crippen molar-refractivity contribution in [1.82, 2.24) is 19.5 Å². The highest BCUT2D eigenvalue weighted by Crippen LogP contribution is 2.43. The zero-order chi connectivity index (χ0) is 27.1. The van der Waals surface area contributed by atoms with E-state index in [2.05, 4.69) is 19.7 Å². The zero-order valence-corrected chi connectivity index (χ0v) is 19.9. The second-order valence-electron chi connectivity index (χ2n) is 7.99. The predicted molar refractivity (Wildman–Crippen MR) is 119 cm³/mol. The molecule has 37 heavy (non-hydrogen) atoms. The summed E-state index contributed by atoms with van der Waals surface area (Å²) in [4.78, 5) is 43.0. The number of imidazole rings is 1. The van der Waals surface area contributed by atoms with Gasteiger partial charge in [0, 0.05) is 11.6 Å². The number of nitrogens with two attached hydrogens (primary N) is 1. The maximum absolute atomic E-state index is 13.7. The Hall–Kier alpha value is -3.11. The first kappa shape index (κ1) is 26.9. The van der Waals surface area contributed by atoms with Crippen molar-refractivity contribution < 1.29 is 52.4 Å². The summed E-state index contributed by atoms with van der Waals surface area (Å²) in [7, 11) is -5.09. The number of hydrogen-bond donors (Lipinski definition) is 5. The molecule has 3 heterocycles. The molecule has 1 aliphatic rings. The van der Waals surface area contributed by atoms with Gasteiger partial charge in [-0.15, -0.1) is 0 Å². The van der Waals surface area contributed by atoms with E-state index in [0.717, 1.165) is 12.1 Å². The van der Waals surface area contributed by atoms with Crippen LogP contribution in [-0.2, 0) is 23.6 Å². The van der Waals surface area contributed by atoms with Gasteiger partial charge >= 0.3 is 13.6 Å². The molecule has 1 saturated heterocycles. The van der Waals surface area contributed by atoms with E-state index < -0.39 is 62.2 Å². The van der Waals surface area contributed by atoms with Crippen LogP contribution >= 0.6 is 7.60 Å². The summed E-state index contributed by atoms with van der Waals surface area (Å²) >= 11 is 0. The number of carbonyl (C=O) groups excluding carboxylic acids is 1. The number of aliphatic hydroxyl groups is 2. The number of nitrogens with zero attached hydrogens (tertiary/aromatic N) is 4. The smallest absolute Gasteiger partial charge is 0.365 e. The van der Waals surface area contributed by atoms with Crippen molar-refractivity contribution in [3.05, 3.63) is 36.2 Å². The highest BCUT2D eigenvalue weighted by Gasteiger charge is 2.46. The minimum atomic E-state index is -5.09. The van der Waals surface area contributed by atoms with Crippen LogP contribution in [-0.4, -0.2) is 82.9 Å². The fraction of sp³-hybridized carbons (Fsp3) is 0.400. The van der Waals surface area contributed by atoms with Crippen LogP contribution < -0.4 is 5.73 Å². The number of aromatic nitrogens is 4. The van der Waals surface area contributed by atoms with E-state index in [9.17, 15) is 38.1 Å². The van der Waals surface area contributed by atoms with E-state index in [1.165, 1.54) is 17.8 Å². The summed E-state index contributed by atoms with van der Waals surface area (Å²) in [5.41, 5.74) is 5.97. The standard InChI is InChI=1S/C20H22F2N5O9P/c1-2-34-19(30)20(37(31,32)33)35-6-11-13(28)14(29)18(36-11)27-7-24-12-15(23)25-16(26-17(12)27)8-3-9(21)5-10(22)4-8/h3-5,7,11,13-14,18,20,28-29H,2,6H2,1H3,(H2,23,25,26)(H2,31,32,33)/t11-,13-,14-,18-,20+/m1/s1. The number of anilines is 1. The van der Waals surface area contributed by atoms with Gasteiger partial charge in [-0.3, -0.25) is 9.13 Å². The summed E-state index contributed by atoms with van der Waals surface area (Å²) in [6, 6.07) is 2.65. The van der Waals surface area contributed by atoms with E-state index in [1.54, 1.807) is 0 Å². The number of hydrogen-bond acceptors (Lipinski definition) is 11. The number of rotatable bonds is 8. The molecule has 0 unspecified atom stereocenters. The summed E-state index contributed by atoms with van der Waals surface area (Å²) in [5, 5.41) is 21.1. The molecule has 0 amide bonds. The Balaban J connectivity index is 1.61. The molecule has 0 spiro atoms. The average Bonchev–Trinajstić information content (AvgIpc) is 3.34. The number of fused-ring (bicyclic) bond motifs is 1. The van der Waals surface area contributed by atoms with Crippen molar-refractivity contribution in [3.8, 4) is 11.4 Å². The minimum Gasteiger partial charge on any atom is -0.464 e. The number of nitrogen functional groups attached to an aromatic ring is 1. The second kappa shape index (κ2) is 10.3. The molecule has 4 rings (SSSR count). The normalized spacial score (nSPS) is 22.9. The second-order valence-corrected chi connectivity index (χ2v) is 9.63. The molecule has 0 bridgehead atoms. The molecule has 1 fully saturated rings. The van der Waals surface area contributed by atoms with E-state index in [4.69, 9.17) is 15.2 Å². The lowest BCUT2D eigenvalue weighted by Gasteiger charge is -2.20. The first-order valence-corrected chi connectivity index (χ1v) is 12.4. The number of carbonyl (C=O) groups is 1. The van der Waals surface area contributed by atoms with Crippen molar-refractivity contribution >= 4 is 30.5 Å². The molecule has 0 aliphatic carbocycles. The number of esters is 1. The van der Waals surface area contributed by atoms with Crippen LogP contribution in [0.25, 0.3) is 22.6 Å². The SMILES string of the molecule is CCOC(=O)[C@@H](OC[C@H]1O[C@@H](n2cnc3c(N)nc(-c4cc(F)cc(F)c4)nc32)[C@H](O)[C@@H]1O)P(=O)(O)O. The molecule has 6 N–H and O–H groups in total. The Labute approximate surface area is 206 Å². The molecular formula is C20H22F2N5O9P. The van der Waals surface area contributed by atoms with E-state index in [1.807, 2.05) is 0 Å². The highest BCUT2D eigenvalue weighted by atomic mass is 31.2. The molecule has 17 heteroatoms. The van der Waals surface area contributed by atoms with Crippen LogP contribution in [0.5, 0.6) is 0 Å². The number of halogens is 2. The molecule has 5 atom stereocenters. The molecule has 1 aliphatic heterocycles. The summed E-state index contributed by atoms with van der Waals surface area (Å²) in [5.74, 6) is -5.62. The molecule has 200 valence electrons. The monoisotopic (exact) mass is 545 g/mol. The van der Waals surface area contributed by atoms with Gasteiger partial charge in [0.05, 0.1) is 19.5 Å². The van der Waals surface area contributed by atoms with Crippen LogP contribution in [0, 0.1) is 11.6 Å². The molecular weight excluding hydrogens is 523 g/mol. The Morgan fingerprint density at radius 1 is 1.22 bits per heavy atom. The third-order valence-corrected chi connectivity index (χ3v) is 6.36. The topological polar surface area (TPSA) is 212 Å². The fourth-order valence-electron chi connectivity index (χ4n) is 3.74. The summed E-state index contributed by atoms with van der Waals surface area (Å²) in [6.07, 6.45) is -4.77. The lowest BCUT2D eigenvalue weighted by molar-refractivity contribution is -0.155. The maximum Gasteiger partial charge on any atom is 0.365 e. The lowest BCUT2D eigenvalue weighted by atomic mass is 10.1. The van der Waals surface area contributed by atoms with Gasteiger partial charge in [0.2, 0.25) is 0 Å². The van der Waals surface area contributed by atoms with Crippen LogP contribution in [0.4, 0.5) is 14.6 Å². The van der Waals surface area contributed by atoms with Gasteiger partial charge in [0.25, 0.3) is 5.85 Å². The van der Waals surface area contributed by atoms with Crippen molar-refractivity contribution in [1.29, 1.82) is 0 Å². The van der Waals surface area contributed by atoms with Crippen LogP contribution in [0.15, 0.2) is 24.5 Å². The van der Waals surface area contributed by atoms with E-state index >= 15 is 0 Å². The molecule has 2 aromatic heterocycles. The largest absolute Gasteiger partial charge is 0.464 e. The Morgan fingerprint density at radius 3 is 2.51 bits per heavy atom. The van der Waals surface area contributed by atoms with Gasteiger partial charge in [-0.25, -0.2) is 28.5 Å². The maximum atomic E-state index is 13.7. The van der Waals surface area contributed by atoms with Crippen LogP contribution in [0.2, 0.25) is 0 Å². The van der Waals surface area contributed by atoms with Crippen LogP contribution in [0.3, 0.4) is 0 Å². The quantitative estimate of drug-likeness (QED) is 0.187. The first-order valence-electron chi connectivity index (χ1n) is 10.7.